The Labute approximate surface area is 179 Å². The molecular weight excluding hydrogens is 392 g/mol. The summed E-state index contributed by atoms with van der Waals surface area (Å²) in [5.74, 6) is 0.376. The number of rotatable bonds is 5. The number of nitrogens with one attached hydrogen (secondary N) is 1. The molecule has 158 valence electrons. The fourth-order valence-corrected chi connectivity index (χ4v) is 3.76. The molecule has 4 aromatic rings. The zero-order valence-electron chi connectivity index (χ0n) is 18.0. The minimum atomic E-state index is -0.254. The van der Waals surface area contributed by atoms with E-state index in [1.54, 1.807) is 42.3 Å². The summed E-state index contributed by atoms with van der Waals surface area (Å²) < 4.78 is 8.58. The van der Waals surface area contributed by atoms with Crippen LogP contribution in [-0.4, -0.2) is 27.4 Å². The van der Waals surface area contributed by atoms with Crippen LogP contribution in [0.2, 0.25) is 0 Å². The van der Waals surface area contributed by atoms with Crippen molar-refractivity contribution in [2.45, 2.75) is 20.4 Å². The third-order valence-corrected chi connectivity index (χ3v) is 5.59. The minimum absolute atomic E-state index is 0.195. The van der Waals surface area contributed by atoms with Gasteiger partial charge in [-0.05, 0) is 32.0 Å². The molecule has 7 heteroatoms. The highest BCUT2D eigenvalue weighted by atomic mass is 16.5. The first-order valence-corrected chi connectivity index (χ1v) is 9.96. The van der Waals surface area contributed by atoms with Crippen LogP contribution in [-0.2, 0) is 13.6 Å². The molecule has 1 amide bonds. The Balaban J connectivity index is 1.78. The van der Waals surface area contributed by atoms with Crippen LogP contribution in [0.15, 0.2) is 59.5 Å². The van der Waals surface area contributed by atoms with E-state index in [9.17, 15) is 9.59 Å². The van der Waals surface area contributed by atoms with Gasteiger partial charge in [-0.3, -0.25) is 18.8 Å². The average molecular weight is 416 g/mol. The predicted molar refractivity (Wildman–Crippen MR) is 120 cm³/mol. The number of nitrogens with zero attached hydrogens (tertiary/aromatic N) is 3. The van der Waals surface area contributed by atoms with Crippen LogP contribution in [0.1, 0.15) is 27.3 Å². The lowest BCUT2D eigenvalue weighted by atomic mass is 10.1. The van der Waals surface area contributed by atoms with Crippen LogP contribution in [0.25, 0.3) is 16.5 Å². The number of pyridine rings is 1. The lowest BCUT2D eigenvalue weighted by molar-refractivity contribution is 0.0952. The van der Waals surface area contributed by atoms with Gasteiger partial charge in [0.05, 0.1) is 24.1 Å². The summed E-state index contributed by atoms with van der Waals surface area (Å²) in [6.45, 7) is 4.25. The maximum Gasteiger partial charge on any atom is 0.262 e. The third kappa shape index (κ3) is 3.70. The first-order valence-electron chi connectivity index (χ1n) is 9.96. The fourth-order valence-electron chi connectivity index (χ4n) is 3.76. The zero-order chi connectivity index (χ0) is 22.1. The van der Waals surface area contributed by atoms with E-state index < -0.39 is 0 Å². The summed E-state index contributed by atoms with van der Waals surface area (Å²) in [5.41, 5.74) is 3.73. The van der Waals surface area contributed by atoms with E-state index in [0.717, 1.165) is 17.0 Å². The molecule has 31 heavy (non-hydrogen) atoms. The van der Waals surface area contributed by atoms with Crippen molar-refractivity contribution in [1.29, 1.82) is 0 Å². The van der Waals surface area contributed by atoms with E-state index in [1.165, 1.54) is 4.57 Å². The number of carbonyl (C=O) groups is 1. The van der Waals surface area contributed by atoms with Gasteiger partial charge >= 0.3 is 0 Å². The second-order valence-corrected chi connectivity index (χ2v) is 7.42. The van der Waals surface area contributed by atoms with Crippen molar-refractivity contribution in [1.82, 2.24) is 19.7 Å². The quantitative estimate of drug-likeness (QED) is 0.542. The molecule has 0 bridgehead atoms. The SMILES string of the molecule is COc1cccc(-n2cc(C(=O)NCc3c(C)nn(C)c3C)c3ccccc3c2=O)c1. The van der Waals surface area contributed by atoms with Crippen LogP contribution in [0.4, 0.5) is 0 Å². The van der Waals surface area contributed by atoms with Gasteiger partial charge in [-0.25, -0.2) is 0 Å². The Morgan fingerprint density at radius 1 is 1.10 bits per heavy atom. The van der Waals surface area contributed by atoms with E-state index >= 15 is 0 Å². The van der Waals surface area contributed by atoms with Gasteiger partial charge in [-0.1, -0.05) is 24.3 Å². The van der Waals surface area contributed by atoms with Crippen molar-refractivity contribution in [2.75, 3.05) is 7.11 Å². The Hall–Kier alpha value is -3.87. The maximum absolute atomic E-state index is 13.2. The van der Waals surface area contributed by atoms with Gasteiger partial charge in [0.15, 0.2) is 0 Å². The van der Waals surface area contributed by atoms with Gasteiger partial charge in [-0.2, -0.15) is 5.10 Å². The molecule has 2 aromatic carbocycles. The Morgan fingerprint density at radius 3 is 2.52 bits per heavy atom. The number of hydrogen-bond donors (Lipinski definition) is 1. The van der Waals surface area contributed by atoms with Gasteiger partial charge in [0.1, 0.15) is 5.75 Å². The van der Waals surface area contributed by atoms with Crippen LogP contribution < -0.4 is 15.6 Å². The number of fused-ring (bicyclic) bond motifs is 1. The smallest absolute Gasteiger partial charge is 0.262 e. The molecule has 0 atom stereocenters. The summed E-state index contributed by atoms with van der Waals surface area (Å²) in [7, 11) is 3.45. The molecular formula is C24H24N4O3. The third-order valence-electron chi connectivity index (χ3n) is 5.59. The second kappa shape index (κ2) is 8.10. The van der Waals surface area contributed by atoms with Crippen molar-refractivity contribution >= 4 is 16.7 Å². The molecule has 0 spiro atoms. The van der Waals surface area contributed by atoms with Crippen molar-refractivity contribution in [2.24, 2.45) is 7.05 Å². The fraction of sp³-hybridized carbons (Fsp3) is 0.208. The molecule has 0 saturated carbocycles. The zero-order valence-corrected chi connectivity index (χ0v) is 18.0. The van der Waals surface area contributed by atoms with Gasteiger partial charge in [-0.15, -0.1) is 0 Å². The molecule has 0 unspecified atom stereocenters. The molecule has 0 aliphatic carbocycles. The van der Waals surface area contributed by atoms with Gasteiger partial charge < -0.3 is 10.1 Å². The number of methoxy groups -OCH3 is 1. The lowest BCUT2D eigenvalue weighted by Crippen LogP contribution is -2.27. The molecule has 0 fully saturated rings. The van der Waals surface area contributed by atoms with Crippen LogP contribution in [0, 0.1) is 13.8 Å². The molecule has 2 aromatic heterocycles. The monoisotopic (exact) mass is 416 g/mol. The normalized spacial score (nSPS) is 11.0. The molecule has 1 N–H and O–H groups in total. The second-order valence-electron chi connectivity index (χ2n) is 7.42. The van der Waals surface area contributed by atoms with E-state index in [4.69, 9.17) is 4.74 Å². The first-order chi connectivity index (χ1) is 14.9. The molecule has 0 aliphatic rings. The summed E-state index contributed by atoms with van der Waals surface area (Å²) in [6, 6.07) is 14.3. The van der Waals surface area contributed by atoms with Crippen molar-refractivity contribution in [3.05, 3.63) is 87.6 Å². The van der Waals surface area contributed by atoms with E-state index in [-0.39, 0.29) is 11.5 Å². The number of aromatic nitrogens is 3. The molecule has 4 rings (SSSR count). The van der Waals surface area contributed by atoms with Gasteiger partial charge in [0.2, 0.25) is 0 Å². The molecule has 7 nitrogen and oxygen atoms in total. The van der Waals surface area contributed by atoms with E-state index in [1.807, 2.05) is 45.2 Å². The van der Waals surface area contributed by atoms with E-state index in [2.05, 4.69) is 10.4 Å². The Morgan fingerprint density at radius 2 is 1.84 bits per heavy atom. The van der Waals surface area contributed by atoms with Gasteiger partial charge in [0.25, 0.3) is 11.5 Å². The Kier molecular flexibility index (Phi) is 5.33. The lowest BCUT2D eigenvalue weighted by Gasteiger charge is -2.13. The number of aryl methyl sites for hydroxylation is 2. The Bertz CT molecular complexity index is 1350. The number of benzene rings is 2. The molecule has 0 saturated heterocycles. The standard InChI is InChI=1S/C24H24N4O3/c1-15-21(16(2)27(3)26-15)13-25-23(29)22-14-28(17-8-7-9-18(12-17)31-4)24(30)20-11-6-5-10-19(20)22/h5-12,14H,13H2,1-4H3,(H,25,29). The summed E-state index contributed by atoms with van der Waals surface area (Å²) in [4.78, 5) is 26.4. The molecule has 2 heterocycles. The highest BCUT2D eigenvalue weighted by molar-refractivity contribution is 6.06. The summed E-state index contributed by atoms with van der Waals surface area (Å²) in [6.07, 6.45) is 1.59. The summed E-state index contributed by atoms with van der Waals surface area (Å²) in [5, 5.41) is 8.48. The number of carbonyl (C=O) groups excluding carboxylic acids is 1. The van der Waals surface area contributed by atoms with Crippen molar-refractivity contribution < 1.29 is 9.53 Å². The average Bonchev–Trinajstić information content (AvgIpc) is 3.03. The van der Waals surface area contributed by atoms with Gasteiger partial charge in [0, 0.05) is 47.9 Å². The van der Waals surface area contributed by atoms with Crippen LogP contribution in [0.3, 0.4) is 0 Å². The van der Waals surface area contributed by atoms with Crippen LogP contribution in [0.5, 0.6) is 5.75 Å². The largest absolute Gasteiger partial charge is 0.497 e. The number of amides is 1. The van der Waals surface area contributed by atoms with Crippen molar-refractivity contribution in [3.8, 4) is 11.4 Å². The molecule has 0 aliphatic heterocycles. The van der Waals surface area contributed by atoms with E-state index in [0.29, 0.717) is 34.3 Å². The first kappa shape index (κ1) is 20.4. The predicted octanol–water partition coefficient (Wildman–Crippen LogP) is 3.28. The number of ether oxygens (including phenoxy) is 1. The minimum Gasteiger partial charge on any atom is -0.497 e. The highest BCUT2D eigenvalue weighted by Gasteiger charge is 2.17. The molecule has 0 radical (unpaired) electrons. The maximum atomic E-state index is 13.2. The van der Waals surface area contributed by atoms with Crippen molar-refractivity contribution in [3.63, 3.8) is 0 Å². The summed E-state index contributed by atoms with van der Waals surface area (Å²) >= 11 is 0. The highest BCUT2D eigenvalue weighted by Crippen LogP contribution is 2.20. The van der Waals surface area contributed by atoms with Crippen LogP contribution >= 0.6 is 0 Å². The number of hydrogen-bond acceptors (Lipinski definition) is 4. The topological polar surface area (TPSA) is 78.2 Å².